The number of hydrogen-bond donors (Lipinski definition) is 1. The van der Waals surface area contributed by atoms with Gasteiger partial charge in [0.2, 0.25) is 0 Å². The highest BCUT2D eigenvalue weighted by Gasteiger charge is 2.41. The third-order valence-electron chi connectivity index (χ3n) is 3.63. The van der Waals surface area contributed by atoms with E-state index in [1.165, 1.54) is 11.8 Å². The Morgan fingerprint density at radius 1 is 1.28 bits per heavy atom. The summed E-state index contributed by atoms with van der Waals surface area (Å²) in [6, 6.07) is 8.83. The number of aromatic nitrogens is 2. The van der Waals surface area contributed by atoms with E-state index in [4.69, 9.17) is 16.4 Å². The van der Waals surface area contributed by atoms with Crippen molar-refractivity contribution in [1.82, 2.24) is 10.2 Å². The fraction of sp³-hybridized carbons (Fsp3) is 0.375. The molecule has 1 aromatic heterocycles. The van der Waals surface area contributed by atoms with Crippen LogP contribution in [0.1, 0.15) is 42.3 Å². The van der Waals surface area contributed by atoms with E-state index in [2.05, 4.69) is 10.3 Å². The number of alkyl halides is 3. The molecule has 2 aromatic rings. The van der Waals surface area contributed by atoms with Crippen LogP contribution in [0.5, 0.6) is 0 Å². The number of thioether (sulfide) groups is 1. The zero-order valence-electron chi connectivity index (χ0n) is 13.4. The number of halogens is 4. The van der Waals surface area contributed by atoms with E-state index in [0.717, 1.165) is 0 Å². The predicted octanol–water partition coefficient (Wildman–Crippen LogP) is 5.42. The highest BCUT2D eigenvalue weighted by molar-refractivity contribution is 8.14. The molecule has 0 radical (unpaired) electrons. The summed E-state index contributed by atoms with van der Waals surface area (Å²) < 4.78 is 40.1. The zero-order chi connectivity index (χ0) is 18.2. The molecule has 134 valence electrons. The monoisotopic (exact) mass is 389 g/mol. The molecule has 0 aliphatic carbocycles. The molecule has 2 heterocycles. The molecule has 1 N–H and O–H groups in total. The Labute approximate surface area is 151 Å². The lowest BCUT2D eigenvalue weighted by atomic mass is 10.0. The molecule has 1 unspecified atom stereocenters. The third-order valence-corrected chi connectivity index (χ3v) is 5.15. The highest BCUT2D eigenvalue weighted by atomic mass is 35.5. The van der Waals surface area contributed by atoms with Gasteiger partial charge in [-0.05, 0) is 19.4 Å². The Morgan fingerprint density at radius 2 is 1.96 bits per heavy atom. The van der Waals surface area contributed by atoms with Crippen LogP contribution >= 0.6 is 23.4 Å². The molecular weight excluding hydrogens is 375 g/mol. The van der Waals surface area contributed by atoms with Crippen LogP contribution in [0.25, 0.3) is 0 Å². The van der Waals surface area contributed by atoms with E-state index in [0.29, 0.717) is 17.0 Å². The smallest absolute Gasteiger partial charge is 0.389 e. The number of benzene rings is 1. The lowest BCUT2D eigenvalue weighted by Gasteiger charge is -2.19. The summed E-state index contributed by atoms with van der Waals surface area (Å²) in [4.78, 5) is 5.32. The lowest BCUT2D eigenvalue weighted by Crippen LogP contribution is -2.18. The van der Waals surface area contributed by atoms with Crippen molar-refractivity contribution in [2.75, 3.05) is 0 Å². The molecule has 0 amide bonds. The van der Waals surface area contributed by atoms with Crippen LogP contribution in [0.3, 0.4) is 0 Å². The van der Waals surface area contributed by atoms with E-state index >= 15 is 0 Å². The molecule has 9 heteroatoms. The topological polar surface area (TPSA) is 50.3 Å². The standard InChI is InChI=1S/C16H15ClF3N3OS/c1-15(2)8-10(23-24-15)25-12(9-6-4-3-5-7-9)11-13(16(18,19)20)21-22-14(11)17/h3-7,12H,8H2,1-2H3,(H,21,22). The number of oxime groups is 1. The summed E-state index contributed by atoms with van der Waals surface area (Å²) >= 11 is 7.20. The van der Waals surface area contributed by atoms with Crippen LogP contribution in [-0.2, 0) is 11.0 Å². The number of H-pyrrole nitrogens is 1. The van der Waals surface area contributed by atoms with E-state index in [9.17, 15) is 13.2 Å². The average Bonchev–Trinajstić information content (AvgIpc) is 3.08. The minimum atomic E-state index is -4.59. The van der Waals surface area contributed by atoms with Gasteiger partial charge >= 0.3 is 6.18 Å². The predicted molar refractivity (Wildman–Crippen MR) is 91.7 cm³/mol. The van der Waals surface area contributed by atoms with E-state index in [1.807, 2.05) is 18.9 Å². The van der Waals surface area contributed by atoms with Gasteiger partial charge in [-0.15, -0.1) is 0 Å². The molecule has 3 rings (SSSR count). The number of rotatable bonds is 3. The van der Waals surface area contributed by atoms with Crippen LogP contribution in [-0.4, -0.2) is 20.8 Å². The minimum absolute atomic E-state index is 0.0993. The molecule has 1 aliphatic heterocycles. The van der Waals surface area contributed by atoms with Gasteiger partial charge in [0.25, 0.3) is 0 Å². The molecule has 0 spiro atoms. The second-order valence-electron chi connectivity index (χ2n) is 6.22. The normalized spacial score (nSPS) is 17.9. The van der Waals surface area contributed by atoms with Crippen LogP contribution < -0.4 is 0 Å². The second kappa shape index (κ2) is 6.57. The fourth-order valence-corrected chi connectivity index (χ4v) is 4.24. The summed E-state index contributed by atoms with van der Waals surface area (Å²) in [5.74, 6) is 0. The lowest BCUT2D eigenvalue weighted by molar-refractivity contribution is -0.141. The number of hydrogen-bond acceptors (Lipinski definition) is 4. The van der Waals surface area contributed by atoms with Crippen molar-refractivity contribution < 1.29 is 18.0 Å². The highest BCUT2D eigenvalue weighted by Crippen LogP contribution is 2.46. The summed E-state index contributed by atoms with van der Waals surface area (Å²) in [5, 5.41) is 9.30. The van der Waals surface area contributed by atoms with Crippen LogP contribution in [0.4, 0.5) is 13.2 Å². The summed E-state index contributed by atoms with van der Waals surface area (Å²) in [5.41, 5.74) is -0.847. The van der Waals surface area contributed by atoms with E-state index in [1.54, 1.807) is 30.3 Å². The SMILES string of the molecule is CC1(C)CC(SC(c2ccccc2)c2c(Cl)n[nH]c2C(F)(F)F)=NO1. The van der Waals surface area contributed by atoms with Gasteiger partial charge in [-0.25, -0.2) is 0 Å². The van der Waals surface area contributed by atoms with Gasteiger partial charge in [-0.2, -0.15) is 18.3 Å². The first-order valence-electron chi connectivity index (χ1n) is 7.45. The first-order valence-corrected chi connectivity index (χ1v) is 8.71. The Morgan fingerprint density at radius 3 is 2.52 bits per heavy atom. The average molecular weight is 390 g/mol. The first kappa shape index (κ1) is 18.1. The largest absolute Gasteiger partial charge is 0.433 e. The third kappa shape index (κ3) is 3.95. The Hall–Kier alpha value is -1.67. The summed E-state index contributed by atoms with van der Waals surface area (Å²) in [6.45, 7) is 3.74. The zero-order valence-corrected chi connectivity index (χ0v) is 15.0. The molecule has 1 aliphatic rings. The summed E-state index contributed by atoms with van der Waals surface area (Å²) in [6.07, 6.45) is -4.08. The van der Waals surface area contributed by atoms with Crippen molar-refractivity contribution in [1.29, 1.82) is 0 Å². The molecule has 0 saturated heterocycles. The first-order chi connectivity index (χ1) is 11.7. The summed E-state index contributed by atoms with van der Waals surface area (Å²) in [7, 11) is 0. The number of aromatic amines is 1. The molecular formula is C16H15ClF3N3OS. The van der Waals surface area contributed by atoms with Gasteiger partial charge in [-0.1, -0.05) is 58.9 Å². The van der Waals surface area contributed by atoms with Crippen molar-refractivity contribution >= 4 is 28.4 Å². The van der Waals surface area contributed by atoms with Crippen molar-refractivity contribution in [3.05, 3.63) is 52.3 Å². The number of nitrogens with one attached hydrogen (secondary N) is 1. The van der Waals surface area contributed by atoms with Crippen LogP contribution in [0.15, 0.2) is 35.5 Å². The van der Waals surface area contributed by atoms with Crippen molar-refractivity contribution in [3.8, 4) is 0 Å². The maximum atomic E-state index is 13.4. The van der Waals surface area contributed by atoms with Gasteiger partial charge < -0.3 is 4.84 Å². The van der Waals surface area contributed by atoms with Crippen molar-refractivity contribution in [2.24, 2.45) is 5.16 Å². The molecule has 1 atom stereocenters. The molecule has 25 heavy (non-hydrogen) atoms. The quantitative estimate of drug-likeness (QED) is 0.762. The second-order valence-corrected chi connectivity index (χ2v) is 7.76. The van der Waals surface area contributed by atoms with Gasteiger partial charge in [-0.3, -0.25) is 5.10 Å². The minimum Gasteiger partial charge on any atom is -0.389 e. The Balaban J connectivity index is 2.03. The molecule has 4 nitrogen and oxygen atoms in total. The molecule has 0 saturated carbocycles. The maximum Gasteiger partial charge on any atom is 0.433 e. The maximum absolute atomic E-state index is 13.4. The molecule has 1 aromatic carbocycles. The number of nitrogens with zero attached hydrogens (tertiary/aromatic N) is 2. The van der Waals surface area contributed by atoms with Crippen LogP contribution in [0.2, 0.25) is 5.15 Å². The van der Waals surface area contributed by atoms with E-state index < -0.39 is 22.7 Å². The van der Waals surface area contributed by atoms with E-state index in [-0.39, 0.29) is 10.7 Å². The Bertz CT molecular complexity index is 790. The van der Waals surface area contributed by atoms with Gasteiger partial charge in [0.15, 0.2) is 5.15 Å². The molecule has 0 bridgehead atoms. The van der Waals surface area contributed by atoms with Gasteiger partial charge in [0, 0.05) is 12.0 Å². The van der Waals surface area contributed by atoms with Crippen molar-refractivity contribution in [2.45, 2.75) is 37.3 Å². The van der Waals surface area contributed by atoms with Crippen molar-refractivity contribution in [3.63, 3.8) is 0 Å². The van der Waals surface area contributed by atoms with Crippen LogP contribution in [0, 0.1) is 0 Å². The van der Waals surface area contributed by atoms with Gasteiger partial charge in [0.05, 0.1) is 5.25 Å². The van der Waals surface area contributed by atoms with Gasteiger partial charge in [0.1, 0.15) is 16.3 Å². The Kier molecular flexibility index (Phi) is 4.76. The fourth-order valence-electron chi connectivity index (χ4n) is 2.51. The molecule has 0 fully saturated rings.